The Hall–Kier alpha value is -4.84. The number of aryl methyl sites for hydroxylation is 1. The molecule has 1 aliphatic heterocycles. The number of amides is 1. The summed E-state index contributed by atoms with van der Waals surface area (Å²) in [7, 11) is 1.46. The predicted molar refractivity (Wildman–Crippen MR) is 186 cm³/mol. The van der Waals surface area contributed by atoms with E-state index in [9.17, 15) is 19.8 Å². The van der Waals surface area contributed by atoms with Crippen LogP contribution in [0, 0.1) is 5.92 Å². The second-order valence-corrected chi connectivity index (χ2v) is 12.7. The lowest BCUT2D eigenvalue weighted by Gasteiger charge is -2.27. The van der Waals surface area contributed by atoms with Crippen LogP contribution in [0.15, 0.2) is 119 Å². The SMILES string of the molecule is COc1cccn(-c2ccc(CN3C(=O)[C@](O)([C@H](C)/C=C/CCn4cc(C(CO)c5ccccc5)nn4)c4cc(Br)ccc43)cc2)c1=O. The Morgan fingerprint density at radius 3 is 2.52 bits per heavy atom. The normalized spacial score (nSPS) is 17.1. The maximum absolute atomic E-state index is 14.0. The van der Waals surface area contributed by atoms with Crippen LogP contribution in [0.25, 0.3) is 5.69 Å². The predicted octanol–water partition coefficient (Wildman–Crippen LogP) is 5.34. The summed E-state index contributed by atoms with van der Waals surface area (Å²) in [4.78, 5) is 28.3. The number of aliphatic hydroxyl groups is 2. The van der Waals surface area contributed by atoms with Crippen LogP contribution < -0.4 is 15.2 Å². The van der Waals surface area contributed by atoms with Crippen LogP contribution in [-0.2, 0) is 23.5 Å². The van der Waals surface area contributed by atoms with E-state index in [0.717, 1.165) is 15.6 Å². The third-order valence-electron chi connectivity index (χ3n) is 8.83. The first-order chi connectivity index (χ1) is 23.2. The first-order valence-corrected chi connectivity index (χ1v) is 16.5. The lowest BCUT2D eigenvalue weighted by molar-refractivity contribution is -0.139. The van der Waals surface area contributed by atoms with Gasteiger partial charge in [-0.15, -0.1) is 5.10 Å². The monoisotopic (exact) mass is 709 g/mol. The van der Waals surface area contributed by atoms with E-state index in [1.54, 1.807) is 34.0 Å². The lowest BCUT2D eigenvalue weighted by Crippen LogP contribution is -2.44. The summed E-state index contributed by atoms with van der Waals surface area (Å²) < 4.78 is 9.16. The van der Waals surface area contributed by atoms with E-state index in [4.69, 9.17) is 4.74 Å². The summed E-state index contributed by atoms with van der Waals surface area (Å²) in [6, 6.07) is 25.9. The van der Waals surface area contributed by atoms with Gasteiger partial charge in [-0.3, -0.25) is 18.8 Å². The summed E-state index contributed by atoms with van der Waals surface area (Å²) in [6.07, 6.45) is 7.92. The number of carbonyl (C=O) groups is 1. The van der Waals surface area contributed by atoms with Gasteiger partial charge >= 0.3 is 0 Å². The molecule has 0 saturated carbocycles. The molecule has 0 radical (unpaired) electrons. The minimum atomic E-state index is -1.77. The van der Waals surface area contributed by atoms with Gasteiger partial charge in [0.25, 0.3) is 11.5 Å². The number of carbonyl (C=O) groups excluding carboxylic acids is 1. The Kier molecular flexibility index (Phi) is 9.72. The molecule has 3 aromatic carbocycles. The molecular formula is C37H36BrN5O5. The number of anilines is 1. The highest BCUT2D eigenvalue weighted by atomic mass is 79.9. The molecular weight excluding hydrogens is 674 g/mol. The summed E-state index contributed by atoms with van der Waals surface area (Å²) in [6.45, 7) is 2.55. The highest BCUT2D eigenvalue weighted by Gasteiger charge is 2.52. The van der Waals surface area contributed by atoms with E-state index < -0.39 is 17.4 Å². The number of ether oxygens (including phenoxy) is 1. The molecule has 0 spiro atoms. The Morgan fingerprint density at radius 1 is 1.02 bits per heavy atom. The average molecular weight is 711 g/mol. The Bertz CT molecular complexity index is 1990. The second-order valence-electron chi connectivity index (χ2n) is 11.8. The van der Waals surface area contributed by atoms with Gasteiger partial charge in [-0.2, -0.15) is 0 Å². The quantitative estimate of drug-likeness (QED) is 0.168. The van der Waals surface area contributed by atoms with Crippen LogP contribution in [0.1, 0.15) is 41.6 Å². The van der Waals surface area contributed by atoms with Gasteiger partial charge < -0.3 is 19.8 Å². The van der Waals surface area contributed by atoms with Crippen LogP contribution in [-0.4, -0.2) is 49.4 Å². The Labute approximate surface area is 286 Å². The molecule has 2 N–H and O–H groups in total. The highest BCUT2D eigenvalue weighted by molar-refractivity contribution is 9.10. The van der Waals surface area contributed by atoms with Gasteiger partial charge in [-0.05, 0) is 60.0 Å². The van der Waals surface area contributed by atoms with Crippen molar-refractivity contribution in [1.29, 1.82) is 0 Å². The number of halogens is 1. The van der Waals surface area contributed by atoms with Gasteiger partial charge in [-0.25, -0.2) is 0 Å². The van der Waals surface area contributed by atoms with Crippen molar-refractivity contribution in [2.75, 3.05) is 18.6 Å². The van der Waals surface area contributed by atoms with Gasteiger partial charge in [0, 0.05) is 40.6 Å². The maximum Gasteiger partial charge on any atom is 0.297 e. The number of nitrogens with zero attached hydrogens (tertiary/aromatic N) is 5. The molecule has 0 bridgehead atoms. The molecule has 3 atom stereocenters. The molecule has 3 heterocycles. The Balaban J connectivity index is 1.16. The number of methoxy groups -OCH3 is 1. The fraction of sp³-hybridized carbons (Fsp3) is 0.243. The fourth-order valence-electron chi connectivity index (χ4n) is 6.14. The third kappa shape index (κ3) is 6.36. The number of aromatic nitrogens is 4. The summed E-state index contributed by atoms with van der Waals surface area (Å²) >= 11 is 3.51. The van der Waals surface area contributed by atoms with E-state index in [1.807, 2.05) is 92.0 Å². The van der Waals surface area contributed by atoms with Crippen molar-refractivity contribution in [3.05, 3.63) is 147 Å². The molecule has 246 valence electrons. The number of pyridine rings is 1. The van der Waals surface area contributed by atoms with Crippen molar-refractivity contribution < 1.29 is 19.7 Å². The summed E-state index contributed by atoms with van der Waals surface area (Å²) in [5, 5.41) is 30.6. The lowest BCUT2D eigenvalue weighted by atomic mass is 9.83. The van der Waals surface area contributed by atoms with E-state index in [-0.39, 0.29) is 30.4 Å². The first-order valence-electron chi connectivity index (χ1n) is 15.7. The van der Waals surface area contributed by atoms with E-state index >= 15 is 0 Å². The van der Waals surface area contributed by atoms with Gasteiger partial charge in [0.1, 0.15) is 0 Å². The van der Waals surface area contributed by atoms with Gasteiger partial charge in [-0.1, -0.05) is 82.7 Å². The van der Waals surface area contributed by atoms with Crippen molar-refractivity contribution in [2.45, 2.75) is 38.0 Å². The number of benzene rings is 3. The fourth-order valence-corrected chi connectivity index (χ4v) is 6.50. The van der Waals surface area contributed by atoms with E-state index in [2.05, 4.69) is 26.2 Å². The van der Waals surface area contributed by atoms with Crippen molar-refractivity contribution >= 4 is 27.5 Å². The first kappa shape index (κ1) is 33.1. The zero-order valence-electron chi connectivity index (χ0n) is 26.6. The zero-order valence-corrected chi connectivity index (χ0v) is 28.2. The second kappa shape index (κ2) is 14.1. The molecule has 2 aromatic heterocycles. The maximum atomic E-state index is 14.0. The molecule has 0 fully saturated rings. The Morgan fingerprint density at radius 2 is 1.79 bits per heavy atom. The van der Waals surface area contributed by atoms with Crippen LogP contribution in [0.4, 0.5) is 5.69 Å². The molecule has 0 aliphatic carbocycles. The molecule has 1 unspecified atom stereocenters. The highest BCUT2D eigenvalue weighted by Crippen LogP contribution is 2.46. The van der Waals surface area contributed by atoms with Crippen LogP contribution in [0.2, 0.25) is 0 Å². The molecule has 0 saturated heterocycles. The minimum absolute atomic E-state index is 0.0721. The van der Waals surface area contributed by atoms with Crippen molar-refractivity contribution in [3.8, 4) is 11.4 Å². The minimum Gasteiger partial charge on any atom is -0.491 e. The molecule has 11 heteroatoms. The van der Waals surface area contributed by atoms with E-state index in [1.165, 1.54) is 11.7 Å². The third-order valence-corrected chi connectivity index (χ3v) is 9.32. The van der Waals surface area contributed by atoms with Crippen molar-refractivity contribution in [1.82, 2.24) is 19.6 Å². The number of aliphatic hydroxyl groups excluding tert-OH is 1. The molecule has 1 amide bonds. The molecule has 5 aromatic rings. The number of hydrogen-bond acceptors (Lipinski definition) is 7. The van der Waals surface area contributed by atoms with Crippen LogP contribution in [0.5, 0.6) is 5.75 Å². The van der Waals surface area contributed by atoms with Crippen molar-refractivity contribution in [2.24, 2.45) is 5.92 Å². The summed E-state index contributed by atoms with van der Waals surface area (Å²) in [5.41, 5.74) is 2.32. The molecule has 10 nitrogen and oxygen atoms in total. The topological polar surface area (TPSA) is 123 Å². The van der Waals surface area contributed by atoms with Crippen LogP contribution in [0.3, 0.4) is 0 Å². The van der Waals surface area contributed by atoms with Gasteiger partial charge in [0.05, 0.1) is 37.6 Å². The standard InChI is InChI=1S/C37H36BrN5O5/c1-25(9-6-7-19-41-23-32(39-40-41)30(24-44)27-10-4-3-5-11-27)37(47)31-21-28(38)15-18-33(31)43(36(37)46)22-26-13-16-29(17-14-26)42-20-8-12-34(48-2)35(42)45/h3-6,8-18,20-21,23,25,30,44,47H,7,19,22,24H2,1-2H3/b9-6+/t25-,30?,37+/m1/s1. The van der Waals surface area contributed by atoms with Gasteiger partial charge in [0.2, 0.25) is 0 Å². The number of allylic oxidation sites excluding steroid dienone is 1. The van der Waals surface area contributed by atoms with Crippen molar-refractivity contribution in [3.63, 3.8) is 0 Å². The zero-order chi connectivity index (χ0) is 33.8. The smallest absolute Gasteiger partial charge is 0.297 e. The molecule has 48 heavy (non-hydrogen) atoms. The molecule has 6 rings (SSSR count). The summed E-state index contributed by atoms with van der Waals surface area (Å²) in [5.74, 6) is -0.945. The molecule has 1 aliphatic rings. The van der Waals surface area contributed by atoms with E-state index in [0.29, 0.717) is 35.6 Å². The number of rotatable bonds is 12. The average Bonchev–Trinajstić information content (AvgIpc) is 3.65. The number of fused-ring (bicyclic) bond motifs is 1. The van der Waals surface area contributed by atoms with Crippen LogP contribution >= 0.6 is 15.9 Å². The van der Waals surface area contributed by atoms with Gasteiger partial charge in [0.15, 0.2) is 11.4 Å². The largest absolute Gasteiger partial charge is 0.491 e. The number of hydrogen-bond donors (Lipinski definition) is 2.